The van der Waals surface area contributed by atoms with Gasteiger partial charge in [0.05, 0.1) is 0 Å². The van der Waals surface area contributed by atoms with E-state index in [0.717, 1.165) is 28.7 Å². The summed E-state index contributed by atoms with van der Waals surface area (Å²) in [6, 6.07) is 11.0. The first kappa shape index (κ1) is 12.5. The summed E-state index contributed by atoms with van der Waals surface area (Å²) >= 11 is 3.33. The van der Waals surface area contributed by atoms with Gasteiger partial charge < -0.3 is 10.6 Å². The molecule has 0 saturated heterocycles. The van der Waals surface area contributed by atoms with E-state index >= 15 is 0 Å². The van der Waals surface area contributed by atoms with Gasteiger partial charge in [-0.1, -0.05) is 22.0 Å². The Morgan fingerprint density at radius 3 is 2.89 bits per heavy atom. The van der Waals surface area contributed by atoms with Gasteiger partial charge in [-0.15, -0.1) is 0 Å². The molecular weight excluding hydrogens is 307 g/mol. The second kappa shape index (κ2) is 4.85. The fourth-order valence-electron chi connectivity index (χ4n) is 2.61. The van der Waals surface area contributed by atoms with Crippen LogP contribution >= 0.6 is 15.9 Å². The summed E-state index contributed by atoms with van der Waals surface area (Å²) in [4.78, 5) is 2.24. The molecule has 4 heteroatoms. The van der Waals surface area contributed by atoms with E-state index < -0.39 is 0 Å². The lowest BCUT2D eigenvalue weighted by atomic mass is 10.1. The van der Waals surface area contributed by atoms with Crippen LogP contribution in [0.5, 0.6) is 0 Å². The molecule has 2 N–H and O–H groups in total. The molecule has 0 unspecified atom stereocenters. The molecule has 2 nitrogen and oxygen atoms in total. The fourth-order valence-corrected chi connectivity index (χ4v) is 3.13. The third kappa shape index (κ3) is 2.45. The summed E-state index contributed by atoms with van der Waals surface area (Å²) in [5.74, 6) is -0.212. The Morgan fingerprint density at radius 1 is 1.26 bits per heavy atom. The topological polar surface area (TPSA) is 29.3 Å². The van der Waals surface area contributed by atoms with E-state index in [1.807, 2.05) is 18.2 Å². The molecule has 0 saturated carbocycles. The van der Waals surface area contributed by atoms with Crippen molar-refractivity contribution >= 4 is 27.3 Å². The number of rotatable bonds is 2. The lowest BCUT2D eigenvalue weighted by molar-refractivity contribution is 0.623. The van der Waals surface area contributed by atoms with E-state index in [0.29, 0.717) is 6.54 Å². The molecule has 2 aromatic rings. The van der Waals surface area contributed by atoms with Gasteiger partial charge in [-0.2, -0.15) is 0 Å². The van der Waals surface area contributed by atoms with Gasteiger partial charge in [0.2, 0.25) is 0 Å². The molecule has 0 spiro atoms. The standard InChI is InChI=1S/C15H14BrFN2/c16-11-6-10(7-12(17)8-11)9-19-5-4-13-14(18)2-1-3-15(13)19/h1-3,6-8H,4-5,9,18H2. The largest absolute Gasteiger partial charge is 0.398 e. The maximum Gasteiger partial charge on any atom is 0.124 e. The Bertz CT molecular complexity index is 607. The number of halogens is 2. The number of hydrogen-bond donors (Lipinski definition) is 1. The molecule has 0 aliphatic carbocycles. The highest BCUT2D eigenvalue weighted by molar-refractivity contribution is 9.10. The zero-order valence-corrected chi connectivity index (χ0v) is 12.0. The Kier molecular flexibility index (Phi) is 3.19. The van der Waals surface area contributed by atoms with Gasteiger partial charge in [-0.3, -0.25) is 0 Å². The van der Waals surface area contributed by atoms with E-state index in [9.17, 15) is 4.39 Å². The number of fused-ring (bicyclic) bond motifs is 1. The summed E-state index contributed by atoms with van der Waals surface area (Å²) < 4.78 is 14.2. The van der Waals surface area contributed by atoms with Gasteiger partial charge in [0.15, 0.2) is 0 Å². The summed E-state index contributed by atoms with van der Waals surface area (Å²) in [6.45, 7) is 1.63. The predicted octanol–water partition coefficient (Wildman–Crippen LogP) is 3.73. The van der Waals surface area contributed by atoms with Crippen LogP contribution in [0.3, 0.4) is 0 Å². The fraction of sp³-hybridized carbons (Fsp3) is 0.200. The van der Waals surface area contributed by atoms with Crippen LogP contribution in [0.1, 0.15) is 11.1 Å². The summed E-state index contributed by atoms with van der Waals surface area (Å²) in [6.07, 6.45) is 0.957. The average molecular weight is 321 g/mol. The first-order valence-corrected chi connectivity index (χ1v) is 7.00. The molecule has 1 aliphatic heterocycles. The number of anilines is 2. The minimum absolute atomic E-state index is 0.212. The van der Waals surface area contributed by atoms with Crippen molar-refractivity contribution in [2.75, 3.05) is 17.2 Å². The van der Waals surface area contributed by atoms with Crippen LogP contribution in [0.4, 0.5) is 15.8 Å². The van der Waals surface area contributed by atoms with E-state index in [2.05, 4.69) is 26.9 Å². The molecule has 98 valence electrons. The number of nitrogen functional groups attached to an aromatic ring is 1. The van der Waals surface area contributed by atoms with Crippen molar-refractivity contribution in [2.45, 2.75) is 13.0 Å². The van der Waals surface area contributed by atoms with Crippen LogP contribution in [-0.2, 0) is 13.0 Å². The van der Waals surface area contributed by atoms with E-state index in [1.165, 1.54) is 17.3 Å². The Morgan fingerprint density at radius 2 is 2.11 bits per heavy atom. The molecule has 0 bridgehead atoms. The molecule has 19 heavy (non-hydrogen) atoms. The summed E-state index contributed by atoms with van der Waals surface area (Å²) in [7, 11) is 0. The van der Waals surface area contributed by atoms with Crippen molar-refractivity contribution in [2.24, 2.45) is 0 Å². The molecule has 0 aromatic heterocycles. The molecule has 3 rings (SSSR count). The highest BCUT2D eigenvalue weighted by atomic mass is 79.9. The van der Waals surface area contributed by atoms with Gasteiger partial charge in [0.1, 0.15) is 5.82 Å². The first-order valence-electron chi connectivity index (χ1n) is 6.21. The first-order chi connectivity index (χ1) is 9.13. The monoisotopic (exact) mass is 320 g/mol. The zero-order chi connectivity index (χ0) is 13.4. The van der Waals surface area contributed by atoms with Crippen molar-refractivity contribution < 1.29 is 4.39 Å². The van der Waals surface area contributed by atoms with Gasteiger partial charge >= 0.3 is 0 Å². The van der Waals surface area contributed by atoms with E-state index in [4.69, 9.17) is 5.73 Å². The molecule has 1 aliphatic rings. The van der Waals surface area contributed by atoms with Gasteiger partial charge in [0, 0.05) is 34.5 Å². The van der Waals surface area contributed by atoms with Gasteiger partial charge in [-0.25, -0.2) is 4.39 Å². The van der Waals surface area contributed by atoms with Crippen LogP contribution < -0.4 is 10.6 Å². The van der Waals surface area contributed by atoms with Crippen LogP contribution in [-0.4, -0.2) is 6.54 Å². The molecule has 0 amide bonds. The van der Waals surface area contributed by atoms with Crippen molar-refractivity contribution in [3.8, 4) is 0 Å². The normalized spacial score (nSPS) is 13.7. The highest BCUT2D eigenvalue weighted by Crippen LogP contribution is 2.33. The zero-order valence-electron chi connectivity index (χ0n) is 10.4. The number of hydrogen-bond acceptors (Lipinski definition) is 2. The Hall–Kier alpha value is -1.55. The molecule has 0 atom stereocenters. The molecule has 0 fully saturated rings. The lowest BCUT2D eigenvalue weighted by Crippen LogP contribution is -2.19. The van der Waals surface area contributed by atoms with Crippen LogP contribution in [0, 0.1) is 5.82 Å². The number of nitrogens with zero attached hydrogens (tertiary/aromatic N) is 1. The van der Waals surface area contributed by atoms with Crippen LogP contribution in [0.15, 0.2) is 40.9 Å². The number of nitrogens with two attached hydrogens (primary N) is 1. The highest BCUT2D eigenvalue weighted by Gasteiger charge is 2.20. The van der Waals surface area contributed by atoms with Gasteiger partial charge in [-0.05, 0) is 42.3 Å². The SMILES string of the molecule is Nc1cccc2c1CCN2Cc1cc(F)cc(Br)c1. The average Bonchev–Trinajstić information content (AvgIpc) is 2.73. The summed E-state index contributed by atoms with van der Waals surface area (Å²) in [5, 5.41) is 0. The maximum absolute atomic E-state index is 13.4. The maximum atomic E-state index is 13.4. The van der Waals surface area contributed by atoms with E-state index in [-0.39, 0.29) is 5.82 Å². The van der Waals surface area contributed by atoms with Crippen LogP contribution in [0.2, 0.25) is 0 Å². The quantitative estimate of drug-likeness (QED) is 0.854. The second-order valence-electron chi connectivity index (χ2n) is 4.79. The van der Waals surface area contributed by atoms with E-state index in [1.54, 1.807) is 6.07 Å². The second-order valence-corrected chi connectivity index (χ2v) is 5.71. The van der Waals surface area contributed by atoms with Crippen molar-refractivity contribution in [1.29, 1.82) is 0 Å². The van der Waals surface area contributed by atoms with Gasteiger partial charge in [0.25, 0.3) is 0 Å². The smallest absolute Gasteiger partial charge is 0.124 e. The van der Waals surface area contributed by atoms with Crippen molar-refractivity contribution in [3.05, 3.63) is 57.8 Å². The summed E-state index contributed by atoms with van der Waals surface area (Å²) in [5.41, 5.74) is 10.2. The number of benzene rings is 2. The van der Waals surface area contributed by atoms with Crippen LogP contribution in [0.25, 0.3) is 0 Å². The lowest BCUT2D eigenvalue weighted by Gasteiger charge is -2.20. The third-order valence-corrected chi connectivity index (χ3v) is 3.91. The minimum Gasteiger partial charge on any atom is -0.398 e. The van der Waals surface area contributed by atoms with Crippen molar-refractivity contribution in [1.82, 2.24) is 0 Å². The minimum atomic E-state index is -0.212. The molecule has 1 heterocycles. The molecule has 2 aromatic carbocycles. The van der Waals surface area contributed by atoms with Crippen molar-refractivity contribution in [3.63, 3.8) is 0 Å². The Balaban J connectivity index is 1.89. The molecular formula is C15H14BrFN2. The molecule has 0 radical (unpaired) electrons. The third-order valence-electron chi connectivity index (χ3n) is 3.46. The Labute approximate surface area is 120 Å². The predicted molar refractivity (Wildman–Crippen MR) is 79.7 cm³/mol.